The number of nitrogens with one attached hydrogen (secondary N) is 1. The van der Waals surface area contributed by atoms with Gasteiger partial charge in [-0.2, -0.15) is 13.2 Å². The van der Waals surface area contributed by atoms with Crippen molar-refractivity contribution in [3.05, 3.63) is 69.2 Å². The predicted octanol–water partition coefficient (Wildman–Crippen LogP) is 4.02. The number of para-hydroxylation sites is 1. The molecule has 1 heterocycles. The standard InChI is InChI=1S/C18H13ClF3N3O2/c1-10-23-14-5-3-2-4-12(14)17(27)25(10)9-16(26)24-15-8-11(18(20,21)22)6-7-13(15)19/h2-8H,9H2,1H3,(H,24,26). The first kappa shape index (κ1) is 18.9. The minimum absolute atomic E-state index is 0.0444. The number of fused-ring (bicyclic) bond motifs is 1. The summed E-state index contributed by atoms with van der Waals surface area (Å²) < 4.78 is 39.6. The maximum atomic E-state index is 12.8. The van der Waals surface area contributed by atoms with Gasteiger partial charge >= 0.3 is 6.18 Å². The highest BCUT2D eigenvalue weighted by molar-refractivity contribution is 6.33. The maximum absolute atomic E-state index is 12.8. The fourth-order valence-electron chi connectivity index (χ4n) is 2.60. The first-order valence-electron chi connectivity index (χ1n) is 7.79. The number of hydrogen-bond donors (Lipinski definition) is 1. The van der Waals surface area contributed by atoms with E-state index in [9.17, 15) is 22.8 Å². The van der Waals surface area contributed by atoms with Crippen molar-refractivity contribution in [1.29, 1.82) is 0 Å². The summed E-state index contributed by atoms with van der Waals surface area (Å²) in [6, 6.07) is 9.29. The number of alkyl halides is 3. The van der Waals surface area contributed by atoms with E-state index in [-0.39, 0.29) is 10.7 Å². The molecule has 0 spiro atoms. The SMILES string of the molecule is Cc1nc2ccccc2c(=O)n1CC(=O)Nc1cc(C(F)(F)F)ccc1Cl. The van der Waals surface area contributed by atoms with Crippen LogP contribution >= 0.6 is 11.6 Å². The van der Waals surface area contributed by atoms with Crippen LogP contribution < -0.4 is 10.9 Å². The molecule has 0 saturated heterocycles. The largest absolute Gasteiger partial charge is 0.416 e. The van der Waals surface area contributed by atoms with Crippen LogP contribution in [0.15, 0.2) is 47.3 Å². The summed E-state index contributed by atoms with van der Waals surface area (Å²) in [5, 5.41) is 2.61. The maximum Gasteiger partial charge on any atom is 0.416 e. The van der Waals surface area contributed by atoms with Gasteiger partial charge in [0.25, 0.3) is 5.56 Å². The molecule has 140 valence electrons. The molecule has 5 nitrogen and oxygen atoms in total. The smallest absolute Gasteiger partial charge is 0.323 e. The van der Waals surface area contributed by atoms with Gasteiger partial charge in [0.2, 0.25) is 5.91 Å². The predicted molar refractivity (Wildman–Crippen MR) is 95.8 cm³/mol. The van der Waals surface area contributed by atoms with E-state index in [0.717, 1.165) is 22.8 Å². The fraction of sp³-hybridized carbons (Fsp3) is 0.167. The van der Waals surface area contributed by atoms with E-state index < -0.39 is 29.8 Å². The average molecular weight is 396 g/mol. The topological polar surface area (TPSA) is 64.0 Å². The molecule has 9 heteroatoms. The third-order valence-corrected chi connectivity index (χ3v) is 4.25. The highest BCUT2D eigenvalue weighted by atomic mass is 35.5. The van der Waals surface area contributed by atoms with Gasteiger partial charge in [0, 0.05) is 0 Å². The lowest BCUT2D eigenvalue weighted by atomic mass is 10.2. The van der Waals surface area contributed by atoms with Gasteiger partial charge in [0.1, 0.15) is 12.4 Å². The Morgan fingerprint density at radius 1 is 1.22 bits per heavy atom. The number of nitrogens with zero attached hydrogens (tertiary/aromatic N) is 2. The monoisotopic (exact) mass is 395 g/mol. The molecule has 0 aliphatic carbocycles. The van der Waals surface area contributed by atoms with E-state index in [4.69, 9.17) is 11.6 Å². The Morgan fingerprint density at radius 2 is 1.93 bits per heavy atom. The zero-order valence-corrected chi connectivity index (χ0v) is 14.7. The normalized spacial score (nSPS) is 11.6. The Morgan fingerprint density at radius 3 is 2.63 bits per heavy atom. The second kappa shape index (κ2) is 7.03. The lowest BCUT2D eigenvalue weighted by molar-refractivity contribution is -0.137. The number of amides is 1. The molecule has 0 saturated carbocycles. The molecule has 3 rings (SSSR count). The number of halogens is 4. The minimum atomic E-state index is -4.57. The summed E-state index contributed by atoms with van der Waals surface area (Å²) in [6.07, 6.45) is -4.57. The van der Waals surface area contributed by atoms with Crippen molar-refractivity contribution in [1.82, 2.24) is 9.55 Å². The Bertz CT molecular complexity index is 1090. The zero-order chi connectivity index (χ0) is 19.8. The molecule has 1 aromatic heterocycles. The molecule has 0 radical (unpaired) electrons. The number of rotatable bonds is 3. The molecule has 27 heavy (non-hydrogen) atoms. The Balaban J connectivity index is 1.89. The van der Waals surface area contributed by atoms with Crippen LogP contribution in [0.2, 0.25) is 5.02 Å². The van der Waals surface area contributed by atoms with Crippen LogP contribution in [0.5, 0.6) is 0 Å². The number of carbonyl (C=O) groups excluding carboxylic acids is 1. The van der Waals surface area contributed by atoms with Crippen molar-refractivity contribution in [3.8, 4) is 0 Å². The van der Waals surface area contributed by atoms with Crippen LogP contribution in [0.25, 0.3) is 10.9 Å². The molecule has 0 aliphatic heterocycles. The van der Waals surface area contributed by atoms with Gasteiger partial charge in [-0.25, -0.2) is 4.98 Å². The van der Waals surface area contributed by atoms with Crippen LogP contribution in [-0.4, -0.2) is 15.5 Å². The Labute approximate surface area is 156 Å². The fourth-order valence-corrected chi connectivity index (χ4v) is 2.76. The van der Waals surface area contributed by atoms with Crippen molar-refractivity contribution in [2.75, 3.05) is 5.32 Å². The summed E-state index contributed by atoms with van der Waals surface area (Å²) in [5.41, 5.74) is -1.04. The molecule has 3 aromatic rings. The Kier molecular flexibility index (Phi) is 4.93. The van der Waals surface area contributed by atoms with Crippen molar-refractivity contribution >= 4 is 34.1 Å². The number of aryl methyl sites for hydroxylation is 1. The van der Waals surface area contributed by atoms with Crippen molar-refractivity contribution < 1.29 is 18.0 Å². The van der Waals surface area contributed by atoms with Crippen molar-refractivity contribution in [2.45, 2.75) is 19.6 Å². The first-order chi connectivity index (χ1) is 12.7. The highest BCUT2D eigenvalue weighted by Gasteiger charge is 2.31. The summed E-state index contributed by atoms with van der Waals surface area (Å²) in [6.45, 7) is 1.16. The van der Waals surface area contributed by atoms with Crippen LogP contribution in [0.3, 0.4) is 0 Å². The summed E-state index contributed by atoms with van der Waals surface area (Å²) >= 11 is 5.87. The van der Waals surface area contributed by atoms with E-state index in [1.807, 2.05) is 0 Å². The van der Waals surface area contributed by atoms with E-state index in [1.165, 1.54) is 0 Å². The van der Waals surface area contributed by atoms with Crippen molar-refractivity contribution in [2.24, 2.45) is 0 Å². The molecule has 2 aromatic carbocycles. The number of hydrogen-bond acceptors (Lipinski definition) is 3. The summed E-state index contributed by atoms with van der Waals surface area (Å²) in [7, 11) is 0. The summed E-state index contributed by atoms with van der Waals surface area (Å²) in [5.74, 6) is -0.387. The first-order valence-corrected chi connectivity index (χ1v) is 8.17. The molecule has 0 unspecified atom stereocenters. The molecule has 0 bridgehead atoms. The third-order valence-electron chi connectivity index (χ3n) is 3.92. The second-order valence-corrected chi connectivity index (χ2v) is 6.22. The van der Waals surface area contributed by atoms with Gasteiger partial charge in [0.05, 0.1) is 27.2 Å². The lowest BCUT2D eigenvalue weighted by Gasteiger charge is -2.13. The minimum Gasteiger partial charge on any atom is -0.323 e. The van der Waals surface area contributed by atoms with Gasteiger partial charge in [-0.05, 0) is 37.3 Å². The molecule has 1 amide bonds. The van der Waals surface area contributed by atoms with Crippen LogP contribution in [-0.2, 0) is 17.5 Å². The molecular formula is C18H13ClF3N3O2. The van der Waals surface area contributed by atoms with Crippen LogP contribution in [0.1, 0.15) is 11.4 Å². The number of anilines is 1. The van der Waals surface area contributed by atoms with Gasteiger partial charge in [-0.3, -0.25) is 14.2 Å². The Hall–Kier alpha value is -2.87. The number of benzene rings is 2. The quantitative estimate of drug-likeness (QED) is 0.728. The number of carbonyl (C=O) groups is 1. The lowest BCUT2D eigenvalue weighted by Crippen LogP contribution is -2.30. The third kappa shape index (κ3) is 3.95. The second-order valence-electron chi connectivity index (χ2n) is 5.81. The van der Waals surface area contributed by atoms with Gasteiger partial charge in [-0.1, -0.05) is 23.7 Å². The van der Waals surface area contributed by atoms with E-state index >= 15 is 0 Å². The van der Waals surface area contributed by atoms with Crippen LogP contribution in [0, 0.1) is 6.92 Å². The summed E-state index contributed by atoms with van der Waals surface area (Å²) in [4.78, 5) is 29.1. The molecule has 0 fully saturated rings. The van der Waals surface area contributed by atoms with Gasteiger partial charge < -0.3 is 5.32 Å². The number of aromatic nitrogens is 2. The van der Waals surface area contributed by atoms with E-state index in [2.05, 4.69) is 10.3 Å². The van der Waals surface area contributed by atoms with Gasteiger partial charge in [0.15, 0.2) is 0 Å². The molecular weight excluding hydrogens is 383 g/mol. The molecule has 1 N–H and O–H groups in total. The molecule has 0 aliphatic rings. The van der Waals surface area contributed by atoms with Crippen LogP contribution in [0.4, 0.5) is 18.9 Å². The van der Waals surface area contributed by atoms with E-state index in [1.54, 1.807) is 31.2 Å². The highest BCUT2D eigenvalue weighted by Crippen LogP contribution is 2.33. The van der Waals surface area contributed by atoms with E-state index in [0.29, 0.717) is 16.7 Å². The average Bonchev–Trinajstić information content (AvgIpc) is 2.59. The van der Waals surface area contributed by atoms with Gasteiger partial charge in [-0.15, -0.1) is 0 Å². The zero-order valence-electron chi connectivity index (χ0n) is 14.0. The molecule has 0 atom stereocenters. The van der Waals surface area contributed by atoms with Crippen molar-refractivity contribution in [3.63, 3.8) is 0 Å².